The molecule has 5 heteroatoms. The van der Waals surface area contributed by atoms with Gasteiger partial charge in [-0.2, -0.15) is 0 Å². The van der Waals surface area contributed by atoms with Crippen LogP contribution in [0.2, 0.25) is 0 Å². The number of benzene rings is 1. The molecule has 1 fully saturated rings. The van der Waals surface area contributed by atoms with Crippen molar-refractivity contribution in [1.82, 2.24) is 10.2 Å². The van der Waals surface area contributed by atoms with E-state index in [1.165, 1.54) is 0 Å². The average molecular weight is 317 g/mol. The van der Waals surface area contributed by atoms with Gasteiger partial charge in [0.25, 0.3) is 0 Å². The molecule has 0 radical (unpaired) electrons. The molecule has 2 rings (SSSR count). The van der Waals surface area contributed by atoms with Crippen LogP contribution in [0.4, 0.5) is 0 Å². The van der Waals surface area contributed by atoms with Gasteiger partial charge in [-0.05, 0) is 26.3 Å². The number of amides is 2. The average Bonchev–Trinajstić information content (AvgIpc) is 2.87. The maximum Gasteiger partial charge on any atom is 0.225 e. The van der Waals surface area contributed by atoms with Crippen molar-refractivity contribution in [3.05, 3.63) is 35.9 Å². The molecule has 0 saturated carbocycles. The fourth-order valence-corrected chi connectivity index (χ4v) is 2.91. The quantitative estimate of drug-likeness (QED) is 0.889. The van der Waals surface area contributed by atoms with Gasteiger partial charge in [0, 0.05) is 24.5 Å². The molecule has 1 aliphatic rings. The third-order valence-electron chi connectivity index (χ3n) is 4.42. The van der Waals surface area contributed by atoms with Crippen LogP contribution in [-0.2, 0) is 9.59 Å². The number of likely N-dealkylation sites (tertiary alicyclic amines) is 1. The molecule has 3 unspecified atom stereocenters. The van der Waals surface area contributed by atoms with Gasteiger partial charge in [-0.1, -0.05) is 37.3 Å². The first-order chi connectivity index (χ1) is 10.7. The van der Waals surface area contributed by atoms with Gasteiger partial charge in [-0.25, -0.2) is 0 Å². The summed E-state index contributed by atoms with van der Waals surface area (Å²) >= 11 is 0. The Bertz CT molecular complexity index is 565. The second kappa shape index (κ2) is 6.71. The van der Waals surface area contributed by atoms with Crippen molar-refractivity contribution in [1.29, 1.82) is 0 Å². The molecule has 3 N–H and O–H groups in total. The van der Waals surface area contributed by atoms with Gasteiger partial charge in [-0.15, -0.1) is 0 Å². The third kappa shape index (κ3) is 4.10. The minimum Gasteiger partial charge on any atom is -0.351 e. The van der Waals surface area contributed by atoms with Gasteiger partial charge >= 0.3 is 0 Å². The minimum absolute atomic E-state index is 0.0859. The Morgan fingerprint density at radius 2 is 1.91 bits per heavy atom. The molecular formula is C18H27N3O2. The second-order valence-electron chi connectivity index (χ2n) is 7.31. The molecule has 1 aromatic rings. The predicted octanol–water partition coefficient (Wildman–Crippen LogP) is 1.84. The summed E-state index contributed by atoms with van der Waals surface area (Å²) in [7, 11) is 0. The highest BCUT2D eigenvalue weighted by Gasteiger charge is 2.37. The van der Waals surface area contributed by atoms with Crippen LogP contribution in [0.5, 0.6) is 0 Å². The van der Waals surface area contributed by atoms with Gasteiger partial charge in [0.15, 0.2) is 0 Å². The van der Waals surface area contributed by atoms with E-state index in [-0.39, 0.29) is 35.4 Å². The van der Waals surface area contributed by atoms with Crippen LogP contribution in [0.15, 0.2) is 30.3 Å². The Hall–Kier alpha value is -1.88. The monoisotopic (exact) mass is 317 g/mol. The minimum atomic E-state index is -0.355. The van der Waals surface area contributed by atoms with Crippen LogP contribution < -0.4 is 11.1 Å². The highest BCUT2D eigenvalue weighted by molar-refractivity contribution is 5.83. The van der Waals surface area contributed by atoms with E-state index in [1.807, 2.05) is 62.9 Å². The van der Waals surface area contributed by atoms with Gasteiger partial charge < -0.3 is 16.0 Å². The lowest BCUT2D eigenvalue weighted by atomic mass is 9.94. The SMILES string of the molecule is CC(C(=O)NC1CC(=O)N(C(C)(C)C)C1)C(N)c1ccccc1. The molecule has 1 heterocycles. The van der Waals surface area contributed by atoms with E-state index in [9.17, 15) is 9.59 Å². The van der Waals surface area contributed by atoms with E-state index in [2.05, 4.69) is 5.32 Å². The largest absolute Gasteiger partial charge is 0.351 e. The van der Waals surface area contributed by atoms with Crippen LogP contribution in [0.1, 0.15) is 45.7 Å². The molecule has 2 amide bonds. The Balaban J connectivity index is 1.96. The topological polar surface area (TPSA) is 75.4 Å². The van der Waals surface area contributed by atoms with Crippen molar-refractivity contribution >= 4 is 11.8 Å². The van der Waals surface area contributed by atoms with Gasteiger partial charge in [-0.3, -0.25) is 9.59 Å². The van der Waals surface area contributed by atoms with Gasteiger partial charge in [0.1, 0.15) is 0 Å². The summed E-state index contributed by atoms with van der Waals surface area (Å²) in [6, 6.07) is 9.11. The summed E-state index contributed by atoms with van der Waals surface area (Å²) in [6.07, 6.45) is 0.357. The molecule has 1 aliphatic heterocycles. The summed E-state index contributed by atoms with van der Waals surface area (Å²) in [6.45, 7) is 8.39. The number of nitrogens with zero attached hydrogens (tertiary/aromatic N) is 1. The Morgan fingerprint density at radius 1 is 1.30 bits per heavy atom. The van der Waals surface area contributed by atoms with E-state index in [4.69, 9.17) is 5.73 Å². The van der Waals surface area contributed by atoms with Gasteiger partial charge in [0.2, 0.25) is 11.8 Å². The molecule has 1 aromatic carbocycles. The molecule has 23 heavy (non-hydrogen) atoms. The standard InChI is InChI=1S/C18H27N3O2/c1-12(16(19)13-8-6-5-7-9-13)17(23)20-14-10-15(22)21(11-14)18(2,3)4/h5-9,12,14,16H,10-11,19H2,1-4H3,(H,20,23). The molecule has 0 aromatic heterocycles. The Morgan fingerprint density at radius 3 is 2.43 bits per heavy atom. The molecule has 0 aliphatic carbocycles. The number of nitrogens with one attached hydrogen (secondary N) is 1. The zero-order valence-electron chi connectivity index (χ0n) is 14.4. The van der Waals surface area contributed by atoms with Crippen molar-refractivity contribution in [2.24, 2.45) is 11.7 Å². The van der Waals surface area contributed by atoms with E-state index in [1.54, 1.807) is 0 Å². The first-order valence-electron chi connectivity index (χ1n) is 8.11. The second-order valence-corrected chi connectivity index (χ2v) is 7.31. The number of nitrogens with two attached hydrogens (primary N) is 1. The summed E-state index contributed by atoms with van der Waals surface area (Å²) in [4.78, 5) is 26.4. The van der Waals surface area contributed by atoms with Crippen molar-refractivity contribution in [2.75, 3.05) is 6.54 Å². The first-order valence-corrected chi connectivity index (χ1v) is 8.11. The maximum absolute atomic E-state index is 12.5. The van der Waals surface area contributed by atoms with E-state index in [0.717, 1.165) is 5.56 Å². The summed E-state index contributed by atoms with van der Waals surface area (Å²) < 4.78 is 0. The Kier molecular flexibility index (Phi) is 5.09. The summed E-state index contributed by atoms with van der Waals surface area (Å²) in [5, 5.41) is 2.98. The zero-order chi connectivity index (χ0) is 17.2. The van der Waals surface area contributed by atoms with E-state index >= 15 is 0 Å². The van der Waals surface area contributed by atoms with E-state index in [0.29, 0.717) is 13.0 Å². The highest BCUT2D eigenvalue weighted by atomic mass is 16.2. The molecule has 1 saturated heterocycles. The molecule has 0 spiro atoms. The lowest BCUT2D eigenvalue weighted by Gasteiger charge is -2.32. The van der Waals surface area contributed by atoms with Crippen LogP contribution >= 0.6 is 0 Å². The fraction of sp³-hybridized carbons (Fsp3) is 0.556. The van der Waals surface area contributed by atoms with E-state index < -0.39 is 0 Å². The zero-order valence-corrected chi connectivity index (χ0v) is 14.4. The highest BCUT2D eigenvalue weighted by Crippen LogP contribution is 2.23. The number of hydrogen-bond acceptors (Lipinski definition) is 3. The number of carbonyl (C=O) groups is 2. The predicted molar refractivity (Wildman–Crippen MR) is 90.5 cm³/mol. The van der Waals surface area contributed by atoms with Crippen molar-refractivity contribution in [2.45, 2.75) is 51.7 Å². The first kappa shape index (κ1) is 17.5. The summed E-state index contributed by atoms with van der Waals surface area (Å²) in [5.41, 5.74) is 6.92. The van der Waals surface area contributed by atoms with Crippen molar-refractivity contribution in [3.63, 3.8) is 0 Å². The van der Waals surface area contributed by atoms with Crippen LogP contribution in [-0.4, -0.2) is 34.8 Å². The third-order valence-corrected chi connectivity index (χ3v) is 4.42. The maximum atomic E-state index is 12.5. The Labute approximate surface area is 138 Å². The lowest BCUT2D eigenvalue weighted by molar-refractivity contribution is -0.131. The number of hydrogen-bond donors (Lipinski definition) is 2. The normalized spacial score (nSPS) is 21.2. The molecule has 126 valence electrons. The van der Waals surface area contributed by atoms with Gasteiger partial charge in [0.05, 0.1) is 12.0 Å². The lowest BCUT2D eigenvalue weighted by Crippen LogP contribution is -2.46. The van der Waals surface area contributed by atoms with Crippen molar-refractivity contribution in [3.8, 4) is 0 Å². The van der Waals surface area contributed by atoms with Crippen LogP contribution in [0.25, 0.3) is 0 Å². The molecule has 3 atom stereocenters. The molecule has 0 bridgehead atoms. The summed E-state index contributed by atoms with van der Waals surface area (Å²) in [5.74, 6) is -0.367. The smallest absolute Gasteiger partial charge is 0.225 e. The number of carbonyl (C=O) groups excluding carboxylic acids is 2. The molecule has 5 nitrogen and oxygen atoms in total. The van der Waals surface area contributed by atoms with Crippen molar-refractivity contribution < 1.29 is 9.59 Å². The molecular weight excluding hydrogens is 290 g/mol. The van der Waals surface area contributed by atoms with Crippen LogP contribution in [0, 0.1) is 5.92 Å². The van der Waals surface area contributed by atoms with Crippen LogP contribution in [0.3, 0.4) is 0 Å². The fourth-order valence-electron chi connectivity index (χ4n) is 2.91. The number of rotatable bonds is 4.